The van der Waals surface area contributed by atoms with Gasteiger partial charge in [0.1, 0.15) is 12.7 Å². The summed E-state index contributed by atoms with van der Waals surface area (Å²) in [4.78, 5) is 11.5. The first kappa shape index (κ1) is 12.9. The molecule has 0 aliphatic carbocycles. The minimum atomic E-state index is -0.266. The lowest BCUT2D eigenvalue weighted by atomic mass is 10.2. The minimum Gasteiger partial charge on any atom is -0.368 e. The number of anilines is 1. The lowest BCUT2D eigenvalue weighted by Crippen LogP contribution is -2.18. The summed E-state index contributed by atoms with van der Waals surface area (Å²) >= 11 is 0. The molecule has 4 heteroatoms. The number of nitrogens with one attached hydrogen (secondary N) is 1. The second-order valence-corrected chi connectivity index (χ2v) is 3.29. The van der Waals surface area contributed by atoms with Gasteiger partial charge >= 0.3 is 0 Å². The van der Waals surface area contributed by atoms with Crippen molar-refractivity contribution in [2.45, 2.75) is 6.92 Å². The van der Waals surface area contributed by atoms with E-state index < -0.39 is 0 Å². The minimum absolute atomic E-state index is 0.0237. The molecule has 0 saturated heterocycles. The van der Waals surface area contributed by atoms with Crippen molar-refractivity contribution in [1.29, 1.82) is 5.26 Å². The number of nitriles is 1. The van der Waals surface area contributed by atoms with Crippen LogP contribution in [-0.4, -0.2) is 19.1 Å². The van der Waals surface area contributed by atoms with Crippen molar-refractivity contribution in [1.82, 2.24) is 0 Å². The van der Waals surface area contributed by atoms with Gasteiger partial charge in [0, 0.05) is 0 Å². The van der Waals surface area contributed by atoms with Crippen molar-refractivity contribution >= 4 is 11.6 Å². The Balaban J connectivity index is 2.48. The molecule has 1 aromatic carbocycles. The van der Waals surface area contributed by atoms with Gasteiger partial charge in [-0.05, 0) is 19.1 Å². The number of hydrogen-bond acceptors (Lipinski definition) is 3. The molecular formula is C13H14N2O2. The zero-order valence-corrected chi connectivity index (χ0v) is 9.64. The largest absolute Gasteiger partial charge is 0.368 e. The van der Waals surface area contributed by atoms with Gasteiger partial charge in [-0.2, -0.15) is 5.26 Å². The lowest BCUT2D eigenvalue weighted by molar-refractivity contribution is -0.120. The number of ether oxygens (including phenoxy) is 1. The summed E-state index contributed by atoms with van der Waals surface area (Å²) in [7, 11) is 0. The molecule has 88 valence electrons. The number of rotatable bonds is 5. The maximum atomic E-state index is 11.5. The van der Waals surface area contributed by atoms with Gasteiger partial charge in [0.05, 0.1) is 17.9 Å². The van der Waals surface area contributed by atoms with Gasteiger partial charge in [0.25, 0.3) is 0 Å². The molecule has 0 heterocycles. The molecule has 0 atom stereocenters. The number of benzene rings is 1. The molecule has 1 aromatic rings. The number of hydrogen-bond donors (Lipinski definition) is 1. The van der Waals surface area contributed by atoms with Gasteiger partial charge in [-0.25, -0.2) is 0 Å². The fraction of sp³-hybridized carbons (Fsp3) is 0.231. The fourth-order valence-corrected chi connectivity index (χ4v) is 1.19. The summed E-state index contributed by atoms with van der Waals surface area (Å²) in [6.07, 6.45) is 3.67. The third-order valence-corrected chi connectivity index (χ3v) is 2.00. The number of amides is 1. The number of allylic oxidation sites excluding steroid dienone is 1. The van der Waals surface area contributed by atoms with Crippen molar-refractivity contribution in [3.05, 3.63) is 42.0 Å². The molecule has 0 unspecified atom stereocenters. The van der Waals surface area contributed by atoms with Crippen molar-refractivity contribution in [3.63, 3.8) is 0 Å². The van der Waals surface area contributed by atoms with Crippen molar-refractivity contribution in [3.8, 4) is 6.07 Å². The number of para-hydroxylation sites is 1. The Hall–Kier alpha value is -2.12. The van der Waals surface area contributed by atoms with Crippen LogP contribution in [0.2, 0.25) is 0 Å². The highest BCUT2D eigenvalue weighted by molar-refractivity contribution is 5.92. The van der Waals surface area contributed by atoms with E-state index in [2.05, 4.69) is 5.32 Å². The Morgan fingerprint density at radius 3 is 3.00 bits per heavy atom. The van der Waals surface area contributed by atoms with E-state index in [-0.39, 0.29) is 12.5 Å². The average molecular weight is 230 g/mol. The van der Waals surface area contributed by atoms with E-state index in [1.165, 1.54) is 0 Å². The van der Waals surface area contributed by atoms with Gasteiger partial charge < -0.3 is 10.1 Å². The van der Waals surface area contributed by atoms with Crippen LogP contribution in [0.5, 0.6) is 0 Å². The summed E-state index contributed by atoms with van der Waals surface area (Å²) in [5, 5.41) is 11.5. The number of carbonyl (C=O) groups is 1. The molecule has 0 aliphatic heterocycles. The van der Waals surface area contributed by atoms with E-state index in [0.717, 1.165) is 0 Å². The molecule has 0 fully saturated rings. The van der Waals surface area contributed by atoms with E-state index in [1.54, 1.807) is 24.3 Å². The van der Waals surface area contributed by atoms with E-state index in [1.807, 2.05) is 25.1 Å². The molecule has 17 heavy (non-hydrogen) atoms. The van der Waals surface area contributed by atoms with E-state index in [0.29, 0.717) is 17.9 Å². The van der Waals surface area contributed by atoms with Gasteiger partial charge in [-0.1, -0.05) is 24.3 Å². The molecule has 1 N–H and O–H groups in total. The van der Waals surface area contributed by atoms with Crippen LogP contribution in [0.1, 0.15) is 12.5 Å². The summed E-state index contributed by atoms with van der Waals surface area (Å²) < 4.78 is 5.10. The van der Waals surface area contributed by atoms with Gasteiger partial charge in [0.2, 0.25) is 5.91 Å². The predicted octanol–water partition coefficient (Wildman–Crippen LogP) is 2.09. The Morgan fingerprint density at radius 1 is 1.53 bits per heavy atom. The summed E-state index contributed by atoms with van der Waals surface area (Å²) in [6.45, 7) is 2.26. The summed E-state index contributed by atoms with van der Waals surface area (Å²) in [5.41, 5.74) is 0.948. The maximum absolute atomic E-state index is 11.5. The van der Waals surface area contributed by atoms with Crippen LogP contribution in [0.25, 0.3) is 0 Å². The molecule has 0 saturated carbocycles. The lowest BCUT2D eigenvalue weighted by Gasteiger charge is -2.06. The molecule has 4 nitrogen and oxygen atoms in total. The van der Waals surface area contributed by atoms with Crippen molar-refractivity contribution in [2.75, 3.05) is 18.5 Å². The van der Waals surface area contributed by atoms with Crippen LogP contribution in [0.4, 0.5) is 5.69 Å². The van der Waals surface area contributed by atoms with E-state index >= 15 is 0 Å². The summed E-state index contributed by atoms with van der Waals surface area (Å²) in [5.74, 6) is -0.266. The van der Waals surface area contributed by atoms with Gasteiger partial charge in [-0.15, -0.1) is 0 Å². The topological polar surface area (TPSA) is 62.1 Å². The average Bonchev–Trinajstić information content (AvgIpc) is 2.35. The second-order valence-electron chi connectivity index (χ2n) is 3.29. The zero-order chi connectivity index (χ0) is 12.5. The molecule has 0 spiro atoms. The van der Waals surface area contributed by atoms with E-state index in [4.69, 9.17) is 10.00 Å². The summed E-state index contributed by atoms with van der Waals surface area (Å²) in [6, 6.07) is 8.85. The molecule has 1 rings (SSSR count). The van der Waals surface area contributed by atoms with Crippen molar-refractivity contribution in [2.24, 2.45) is 0 Å². The SMILES string of the molecule is CC=CCOCC(=O)Nc1ccccc1C#N. The first-order valence-corrected chi connectivity index (χ1v) is 5.25. The van der Waals surface area contributed by atoms with Crippen LogP contribution in [0, 0.1) is 11.3 Å². The third-order valence-electron chi connectivity index (χ3n) is 2.00. The van der Waals surface area contributed by atoms with Crippen LogP contribution in [0.3, 0.4) is 0 Å². The molecule has 0 aliphatic rings. The van der Waals surface area contributed by atoms with Crippen LogP contribution >= 0.6 is 0 Å². The Bertz CT molecular complexity index is 447. The predicted molar refractivity (Wildman–Crippen MR) is 65.4 cm³/mol. The van der Waals surface area contributed by atoms with Crippen LogP contribution < -0.4 is 5.32 Å². The van der Waals surface area contributed by atoms with E-state index in [9.17, 15) is 4.79 Å². The van der Waals surface area contributed by atoms with Crippen molar-refractivity contribution < 1.29 is 9.53 Å². The molecule has 0 aromatic heterocycles. The molecule has 1 amide bonds. The monoisotopic (exact) mass is 230 g/mol. The third kappa shape index (κ3) is 4.49. The smallest absolute Gasteiger partial charge is 0.250 e. The first-order valence-electron chi connectivity index (χ1n) is 5.25. The highest BCUT2D eigenvalue weighted by Gasteiger charge is 2.05. The second kappa shape index (κ2) is 7.20. The van der Waals surface area contributed by atoms with Gasteiger partial charge in [0.15, 0.2) is 0 Å². The Kier molecular flexibility index (Phi) is 5.49. The highest BCUT2D eigenvalue weighted by Crippen LogP contribution is 2.12. The molecular weight excluding hydrogens is 216 g/mol. The maximum Gasteiger partial charge on any atom is 0.250 e. The zero-order valence-electron chi connectivity index (χ0n) is 9.64. The van der Waals surface area contributed by atoms with Crippen LogP contribution in [-0.2, 0) is 9.53 Å². The Labute approximate surface area is 101 Å². The normalized spacial score (nSPS) is 10.1. The quantitative estimate of drug-likeness (QED) is 0.622. The first-order chi connectivity index (χ1) is 8.27. The molecule has 0 bridgehead atoms. The number of carbonyl (C=O) groups excluding carboxylic acids is 1. The Morgan fingerprint density at radius 2 is 2.29 bits per heavy atom. The number of nitrogens with zero attached hydrogens (tertiary/aromatic N) is 1. The fourth-order valence-electron chi connectivity index (χ4n) is 1.19. The van der Waals surface area contributed by atoms with Crippen LogP contribution in [0.15, 0.2) is 36.4 Å². The van der Waals surface area contributed by atoms with Gasteiger partial charge in [-0.3, -0.25) is 4.79 Å². The molecule has 0 radical (unpaired) electrons. The highest BCUT2D eigenvalue weighted by atomic mass is 16.5. The standard InChI is InChI=1S/C13H14N2O2/c1-2-3-8-17-10-13(16)15-12-7-5-4-6-11(12)9-14/h2-7H,8,10H2,1H3,(H,15,16).